The lowest BCUT2D eigenvalue weighted by molar-refractivity contribution is 0.354. The number of rotatable bonds is 9. The van der Waals surface area contributed by atoms with Crippen LogP contribution in [0.5, 0.6) is 11.5 Å². The number of methoxy groups -OCH3 is 2. The molecule has 1 aromatic heterocycles. The standard InChI is InChI=1S/C21H33N5O2.HI/c1-16-14-17(2)26(24-16)12-7-11-23-21(22-3)25(4)13-10-18-8-9-19(27-5)20(15-18)28-6;/h8-9,14-15H,7,10-13H2,1-6H3,(H,22,23);1H. The van der Waals surface area contributed by atoms with Gasteiger partial charge in [0.15, 0.2) is 17.5 Å². The maximum absolute atomic E-state index is 5.38. The van der Waals surface area contributed by atoms with Crippen LogP contribution in [0.3, 0.4) is 0 Å². The van der Waals surface area contributed by atoms with Gasteiger partial charge in [-0.05, 0) is 50.5 Å². The highest BCUT2D eigenvalue weighted by atomic mass is 127. The molecule has 0 fully saturated rings. The van der Waals surface area contributed by atoms with Crippen LogP contribution < -0.4 is 14.8 Å². The molecule has 0 atom stereocenters. The zero-order chi connectivity index (χ0) is 20.5. The molecule has 0 bridgehead atoms. The van der Waals surface area contributed by atoms with Crippen molar-refractivity contribution in [1.29, 1.82) is 0 Å². The molecule has 0 saturated heterocycles. The van der Waals surface area contributed by atoms with E-state index in [4.69, 9.17) is 9.47 Å². The molecule has 29 heavy (non-hydrogen) atoms. The summed E-state index contributed by atoms with van der Waals surface area (Å²) in [5, 5.41) is 7.93. The van der Waals surface area contributed by atoms with E-state index in [0.29, 0.717) is 0 Å². The average molecular weight is 515 g/mol. The first kappa shape index (κ1) is 25.1. The van der Waals surface area contributed by atoms with Crippen molar-refractivity contribution >= 4 is 29.9 Å². The van der Waals surface area contributed by atoms with Crippen LogP contribution in [-0.4, -0.2) is 62.0 Å². The fourth-order valence-corrected chi connectivity index (χ4v) is 3.15. The first-order valence-corrected chi connectivity index (χ1v) is 9.62. The zero-order valence-corrected chi connectivity index (χ0v) is 20.7. The largest absolute Gasteiger partial charge is 0.493 e. The maximum Gasteiger partial charge on any atom is 0.193 e. The van der Waals surface area contributed by atoms with Crippen molar-refractivity contribution in [2.24, 2.45) is 4.99 Å². The fourth-order valence-electron chi connectivity index (χ4n) is 3.15. The molecule has 0 aliphatic rings. The molecule has 2 rings (SSSR count). The highest BCUT2D eigenvalue weighted by Crippen LogP contribution is 2.27. The van der Waals surface area contributed by atoms with E-state index in [1.807, 2.05) is 26.1 Å². The van der Waals surface area contributed by atoms with Crippen molar-refractivity contribution in [3.63, 3.8) is 0 Å². The molecule has 1 heterocycles. The number of nitrogens with one attached hydrogen (secondary N) is 1. The highest BCUT2D eigenvalue weighted by Gasteiger charge is 2.08. The third kappa shape index (κ3) is 7.41. The summed E-state index contributed by atoms with van der Waals surface area (Å²) in [7, 11) is 7.18. The summed E-state index contributed by atoms with van der Waals surface area (Å²) in [4.78, 5) is 6.53. The van der Waals surface area contributed by atoms with Gasteiger partial charge in [0.25, 0.3) is 0 Å². The van der Waals surface area contributed by atoms with Gasteiger partial charge in [0, 0.05) is 39.4 Å². The van der Waals surface area contributed by atoms with Gasteiger partial charge in [-0.15, -0.1) is 24.0 Å². The van der Waals surface area contributed by atoms with Gasteiger partial charge in [-0.25, -0.2) is 0 Å². The summed E-state index contributed by atoms with van der Waals surface area (Å²) in [6.07, 6.45) is 1.88. The Bertz CT molecular complexity index is 791. The van der Waals surface area contributed by atoms with Crippen molar-refractivity contribution in [2.45, 2.75) is 33.2 Å². The summed E-state index contributed by atoms with van der Waals surface area (Å²) in [5.41, 5.74) is 3.47. The summed E-state index contributed by atoms with van der Waals surface area (Å²) < 4.78 is 12.7. The number of aliphatic imine (C=N–C) groups is 1. The Labute approximate surface area is 191 Å². The number of aryl methyl sites for hydroxylation is 3. The molecule has 2 aromatic rings. The normalized spacial score (nSPS) is 11.0. The third-order valence-electron chi connectivity index (χ3n) is 4.69. The Kier molecular flexibility index (Phi) is 10.9. The van der Waals surface area contributed by atoms with E-state index in [1.54, 1.807) is 14.2 Å². The molecule has 0 aliphatic heterocycles. The summed E-state index contributed by atoms with van der Waals surface area (Å²) in [6.45, 7) is 6.72. The number of benzene rings is 1. The topological polar surface area (TPSA) is 63.9 Å². The average Bonchev–Trinajstić information content (AvgIpc) is 3.02. The van der Waals surface area contributed by atoms with E-state index in [9.17, 15) is 0 Å². The van der Waals surface area contributed by atoms with Gasteiger partial charge in [0.05, 0.1) is 19.9 Å². The predicted molar refractivity (Wildman–Crippen MR) is 129 cm³/mol. The number of hydrogen-bond donors (Lipinski definition) is 1. The second-order valence-electron chi connectivity index (χ2n) is 6.84. The minimum Gasteiger partial charge on any atom is -0.493 e. The number of guanidine groups is 1. The van der Waals surface area contributed by atoms with Gasteiger partial charge in [-0.3, -0.25) is 9.67 Å². The first-order chi connectivity index (χ1) is 13.5. The quantitative estimate of drug-likeness (QED) is 0.241. The van der Waals surface area contributed by atoms with E-state index < -0.39 is 0 Å². The minimum atomic E-state index is 0. The van der Waals surface area contributed by atoms with E-state index >= 15 is 0 Å². The summed E-state index contributed by atoms with van der Waals surface area (Å²) in [6, 6.07) is 8.14. The number of likely N-dealkylation sites (N-methyl/N-ethyl adjacent to an activating group) is 1. The molecular formula is C21H34IN5O2. The van der Waals surface area contributed by atoms with Crippen LogP contribution in [0.2, 0.25) is 0 Å². The van der Waals surface area contributed by atoms with Crippen molar-refractivity contribution in [2.75, 3.05) is 41.4 Å². The first-order valence-electron chi connectivity index (χ1n) is 9.62. The lowest BCUT2D eigenvalue weighted by atomic mass is 10.1. The van der Waals surface area contributed by atoms with Gasteiger partial charge >= 0.3 is 0 Å². The Balaban J connectivity index is 0.00000420. The van der Waals surface area contributed by atoms with Crippen molar-refractivity contribution in [3.8, 4) is 11.5 Å². The van der Waals surface area contributed by atoms with Crippen LogP contribution in [-0.2, 0) is 13.0 Å². The lowest BCUT2D eigenvalue weighted by Gasteiger charge is -2.22. The van der Waals surface area contributed by atoms with Crippen molar-refractivity contribution < 1.29 is 9.47 Å². The highest BCUT2D eigenvalue weighted by molar-refractivity contribution is 14.0. The molecule has 1 aromatic carbocycles. The predicted octanol–water partition coefficient (Wildman–Crippen LogP) is 3.28. The number of ether oxygens (including phenoxy) is 2. The summed E-state index contributed by atoms with van der Waals surface area (Å²) in [5.74, 6) is 2.41. The molecule has 0 radical (unpaired) electrons. The fraction of sp³-hybridized carbons (Fsp3) is 0.524. The van der Waals surface area contributed by atoms with E-state index in [0.717, 1.165) is 55.6 Å². The Morgan fingerprint density at radius 1 is 1.17 bits per heavy atom. The van der Waals surface area contributed by atoms with E-state index in [-0.39, 0.29) is 24.0 Å². The van der Waals surface area contributed by atoms with Crippen molar-refractivity contribution in [3.05, 3.63) is 41.2 Å². The number of hydrogen-bond acceptors (Lipinski definition) is 4. The molecular weight excluding hydrogens is 481 g/mol. The minimum absolute atomic E-state index is 0. The van der Waals surface area contributed by atoms with Gasteiger partial charge in [0.1, 0.15) is 0 Å². The molecule has 8 heteroatoms. The van der Waals surface area contributed by atoms with Gasteiger partial charge in [-0.1, -0.05) is 6.07 Å². The molecule has 0 aliphatic carbocycles. The molecule has 0 amide bonds. The maximum atomic E-state index is 5.38. The number of nitrogens with zero attached hydrogens (tertiary/aromatic N) is 4. The SMILES string of the molecule is CN=C(NCCCn1nc(C)cc1C)N(C)CCc1ccc(OC)c(OC)c1.I. The van der Waals surface area contributed by atoms with Crippen LogP contribution in [0.4, 0.5) is 0 Å². The molecule has 0 unspecified atom stereocenters. The van der Waals surface area contributed by atoms with Gasteiger partial charge in [0.2, 0.25) is 0 Å². The lowest BCUT2D eigenvalue weighted by Crippen LogP contribution is -2.40. The Morgan fingerprint density at radius 3 is 2.48 bits per heavy atom. The molecule has 162 valence electrons. The zero-order valence-electron chi connectivity index (χ0n) is 18.4. The Hall–Kier alpha value is -1.97. The monoisotopic (exact) mass is 515 g/mol. The molecule has 7 nitrogen and oxygen atoms in total. The van der Waals surface area contributed by atoms with Gasteiger partial charge < -0.3 is 19.7 Å². The van der Waals surface area contributed by atoms with Crippen LogP contribution in [0, 0.1) is 13.8 Å². The van der Waals surface area contributed by atoms with E-state index in [1.165, 1.54) is 11.3 Å². The molecule has 0 spiro atoms. The van der Waals surface area contributed by atoms with Crippen LogP contribution >= 0.6 is 24.0 Å². The number of halogens is 1. The third-order valence-corrected chi connectivity index (χ3v) is 4.69. The molecule has 0 saturated carbocycles. The van der Waals surface area contributed by atoms with Crippen LogP contribution in [0.25, 0.3) is 0 Å². The van der Waals surface area contributed by atoms with Crippen molar-refractivity contribution in [1.82, 2.24) is 20.0 Å². The van der Waals surface area contributed by atoms with Crippen LogP contribution in [0.15, 0.2) is 29.3 Å². The Morgan fingerprint density at radius 2 is 1.90 bits per heavy atom. The number of aromatic nitrogens is 2. The van der Waals surface area contributed by atoms with E-state index in [2.05, 4.69) is 51.1 Å². The summed E-state index contributed by atoms with van der Waals surface area (Å²) >= 11 is 0. The second kappa shape index (κ2) is 12.6. The second-order valence-corrected chi connectivity index (χ2v) is 6.84. The van der Waals surface area contributed by atoms with Gasteiger partial charge in [-0.2, -0.15) is 5.10 Å². The smallest absolute Gasteiger partial charge is 0.193 e. The molecule has 1 N–H and O–H groups in total. The van der Waals surface area contributed by atoms with Crippen LogP contribution in [0.1, 0.15) is 23.4 Å².